The number of ketones is 1. The van der Waals surface area contributed by atoms with Crippen molar-refractivity contribution >= 4 is 11.9 Å². The average Bonchev–Trinajstić information content (AvgIpc) is 3.23. The van der Waals surface area contributed by atoms with Gasteiger partial charge in [0.15, 0.2) is 5.78 Å². The topological polar surface area (TPSA) is 72.6 Å². The highest BCUT2D eigenvalue weighted by Gasteiger charge is 2.36. The number of carbonyl (C=O) groups is 2. The van der Waals surface area contributed by atoms with Crippen molar-refractivity contribution in [3.8, 4) is 11.3 Å². The van der Waals surface area contributed by atoms with Crippen LogP contribution in [0, 0.1) is 0 Å². The summed E-state index contributed by atoms with van der Waals surface area (Å²) in [6.45, 7) is 5.99. The van der Waals surface area contributed by atoms with E-state index in [2.05, 4.69) is 5.16 Å². The van der Waals surface area contributed by atoms with Crippen LogP contribution in [0.2, 0.25) is 0 Å². The Balaban J connectivity index is 1.66. The summed E-state index contributed by atoms with van der Waals surface area (Å²) in [5.74, 6) is 0.453. The predicted molar refractivity (Wildman–Crippen MR) is 96.6 cm³/mol. The largest absolute Gasteiger partial charge is 0.444 e. The van der Waals surface area contributed by atoms with Crippen molar-refractivity contribution in [2.75, 3.05) is 6.54 Å². The predicted octanol–water partition coefficient (Wildman–Crippen LogP) is 3.85. The molecular formula is C20H24N2O4. The Morgan fingerprint density at radius 2 is 2.00 bits per heavy atom. The highest BCUT2D eigenvalue weighted by atomic mass is 16.6. The molecule has 2 heterocycles. The minimum absolute atomic E-state index is 0.0517. The Kier molecular flexibility index (Phi) is 5.11. The monoisotopic (exact) mass is 356 g/mol. The van der Waals surface area contributed by atoms with Crippen molar-refractivity contribution in [3.63, 3.8) is 0 Å². The van der Waals surface area contributed by atoms with Gasteiger partial charge in [-0.1, -0.05) is 35.5 Å². The number of benzene rings is 1. The van der Waals surface area contributed by atoms with E-state index in [0.29, 0.717) is 24.4 Å². The summed E-state index contributed by atoms with van der Waals surface area (Å²) in [5.41, 5.74) is 1.05. The van der Waals surface area contributed by atoms with Gasteiger partial charge < -0.3 is 9.26 Å². The van der Waals surface area contributed by atoms with Gasteiger partial charge in [0.1, 0.15) is 17.1 Å². The van der Waals surface area contributed by atoms with Crippen molar-refractivity contribution in [2.24, 2.45) is 0 Å². The SMILES string of the molecule is CC(C)(C)OC(=O)N1CCC[C@@H]1C(=O)Cc1cc(-c2ccccc2)no1. The number of hydrogen-bond donors (Lipinski definition) is 0. The molecule has 26 heavy (non-hydrogen) atoms. The van der Waals surface area contributed by atoms with Crippen LogP contribution in [0.25, 0.3) is 11.3 Å². The van der Waals surface area contributed by atoms with E-state index in [9.17, 15) is 9.59 Å². The molecule has 1 aromatic heterocycles. The lowest BCUT2D eigenvalue weighted by molar-refractivity contribution is -0.123. The zero-order valence-corrected chi connectivity index (χ0v) is 15.4. The third-order valence-corrected chi connectivity index (χ3v) is 4.23. The first-order valence-corrected chi connectivity index (χ1v) is 8.87. The first-order chi connectivity index (χ1) is 12.3. The average molecular weight is 356 g/mol. The molecule has 1 amide bonds. The van der Waals surface area contributed by atoms with Crippen LogP contribution in [0.4, 0.5) is 4.79 Å². The van der Waals surface area contributed by atoms with Crippen molar-refractivity contribution in [3.05, 3.63) is 42.2 Å². The number of amides is 1. The molecule has 1 atom stereocenters. The molecule has 0 bridgehead atoms. The second-order valence-electron chi connectivity index (χ2n) is 7.52. The molecule has 3 rings (SSSR count). The van der Waals surface area contributed by atoms with E-state index >= 15 is 0 Å². The molecule has 0 unspecified atom stereocenters. The molecule has 1 aliphatic heterocycles. The lowest BCUT2D eigenvalue weighted by atomic mass is 10.1. The number of aromatic nitrogens is 1. The Morgan fingerprint density at radius 1 is 1.27 bits per heavy atom. The maximum absolute atomic E-state index is 12.7. The molecule has 6 nitrogen and oxygen atoms in total. The lowest BCUT2D eigenvalue weighted by Crippen LogP contribution is -2.43. The highest BCUT2D eigenvalue weighted by molar-refractivity contribution is 5.89. The number of likely N-dealkylation sites (tertiary alicyclic amines) is 1. The van der Waals surface area contributed by atoms with Gasteiger partial charge in [0.05, 0.1) is 12.5 Å². The first-order valence-electron chi connectivity index (χ1n) is 8.87. The van der Waals surface area contributed by atoms with Crippen LogP contribution in [0.1, 0.15) is 39.4 Å². The maximum atomic E-state index is 12.7. The van der Waals surface area contributed by atoms with Crippen LogP contribution in [0.15, 0.2) is 40.9 Å². The van der Waals surface area contributed by atoms with Crippen LogP contribution in [-0.4, -0.2) is 40.1 Å². The first kappa shape index (κ1) is 18.2. The molecule has 1 aromatic carbocycles. The van der Waals surface area contributed by atoms with E-state index in [0.717, 1.165) is 12.0 Å². The standard InChI is InChI=1S/C20H24N2O4/c1-20(2,3)25-19(24)22-11-7-10-17(22)18(23)13-15-12-16(21-26-15)14-8-5-4-6-9-14/h4-6,8-9,12,17H,7,10-11,13H2,1-3H3/t17-/m1/s1. The summed E-state index contributed by atoms with van der Waals surface area (Å²) < 4.78 is 10.7. The third-order valence-electron chi connectivity index (χ3n) is 4.23. The Morgan fingerprint density at radius 3 is 2.69 bits per heavy atom. The van der Waals surface area contributed by atoms with Crippen LogP contribution in [-0.2, 0) is 16.0 Å². The minimum Gasteiger partial charge on any atom is -0.444 e. The summed E-state index contributed by atoms with van der Waals surface area (Å²) in [5, 5.41) is 4.04. The summed E-state index contributed by atoms with van der Waals surface area (Å²) in [7, 11) is 0. The molecule has 1 fully saturated rings. The Labute approximate surface area is 153 Å². The van der Waals surface area contributed by atoms with Crippen molar-refractivity contribution in [2.45, 2.75) is 51.7 Å². The van der Waals surface area contributed by atoms with Gasteiger partial charge in [0.25, 0.3) is 0 Å². The van der Waals surface area contributed by atoms with Gasteiger partial charge in [0, 0.05) is 18.2 Å². The minimum atomic E-state index is -0.581. The number of carbonyl (C=O) groups excluding carboxylic acids is 2. The maximum Gasteiger partial charge on any atom is 0.410 e. The van der Waals surface area contributed by atoms with Gasteiger partial charge in [-0.05, 0) is 33.6 Å². The molecule has 1 aliphatic rings. The van der Waals surface area contributed by atoms with E-state index in [1.54, 1.807) is 6.07 Å². The molecule has 0 N–H and O–H groups in total. The van der Waals surface area contributed by atoms with Crippen LogP contribution in [0.3, 0.4) is 0 Å². The van der Waals surface area contributed by atoms with Crippen LogP contribution >= 0.6 is 0 Å². The highest BCUT2D eigenvalue weighted by Crippen LogP contribution is 2.24. The van der Waals surface area contributed by atoms with Crippen molar-refractivity contribution in [1.82, 2.24) is 10.1 Å². The van der Waals surface area contributed by atoms with E-state index in [-0.39, 0.29) is 12.2 Å². The summed E-state index contributed by atoms with van der Waals surface area (Å²) in [6.07, 6.45) is 1.12. The molecule has 0 saturated carbocycles. The van der Waals surface area contributed by atoms with E-state index in [1.807, 2.05) is 51.1 Å². The molecule has 0 radical (unpaired) electrons. The van der Waals surface area contributed by atoms with Crippen LogP contribution < -0.4 is 0 Å². The van der Waals surface area contributed by atoms with E-state index < -0.39 is 17.7 Å². The number of rotatable bonds is 4. The summed E-state index contributed by atoms with van der Waals surface area (Å²) in [6, 6.07) is 11.0. The summed E-state index contributed by atoms with van der Waals surface area (Å²) in [4.78, 5) is 26.6. The van der Waals surface area contributed by atoms with Crippen molar-refractivity contribution < 1.29 is 18.8 Å². The lowest BCUT2D eigenvalue weighted by Gasteiger charge is -2.27. The fourth-order valence-electron chi connectivity index (χ4n) is 3.07. The number of Topliss-reactive ketones (excluding diaryl/α,β-unsaturated/α-hetero) is 1. The van der Waals surface area contributed by atoms with Crippen LogP contribution in [0.5, 0.6) is 0 Å². The number of nitrogens with zero attached hydrogens (tertiary/aromatic N) is 2. The zero-order chi connectivity index (χ0) is 18.7. The summed E-state index contributed by atoms with van der Waals surface area (Å²) >= 11 is 0. The molecule has 138 valence electrons. The molecule has 1 saturated heterocycles. The van der Waals surface area contributed by atoms with Gasteiger partial charge >= 0.3 is 6.09 Å². The van der Waals surface area contributed by atoms with Gasteiger partial charge in [0.2, 0.25) is 0 Å². The van der Waals surface area contributed by atoms with E-state index in [4.69, 9.17) is 9.26 Å². The Bertz CT molecular complexity index is 777. The second kappa shape index (κ2) is 7.32. The Hall–Kier alpha value is -2.63. The van der Waals surface area contributed by atoms with Crippen molar-refractivity contribution in [1.29, 1.82) is 0 Å². The normalized spacial score (nSPS) is 17.3. The molecule has 0 spiro atoms. The fourth-order valence-corrected chi connectivity index (χ4v) is 3.07. The zero-order valence-electron chi connectivity index (χ0n) is 15.4. The smallest absolute Gasteiger partial charge is 0.410 e. The van der Waals surface area contributed by atoms with Gasteiger partial charge in [-0.3, -0.25) is 9.69 Å². The fraction of sp³-hybridized carbons (Fsp3) is 0.450. The van der Waals surface area contributed by atoms with Gasteiger partial charge in [-0.25, -0.2) is 4.79 Å². The molecular weight excluding hydrogens is 332 g/mol. The van der Waals surface area contributed by atoms with Gasteiger partial charge in [-0.15, -0.1) is 0 Å². The number of ether oxygens (including phenoxy) is 1. The molecule has 6 heteroatoms. The molecule has 2 aromatic rings. The quantitative estimate of drug-likeness (QED) is 0.832. The number of hydrogen-bond acceptors (Lipinski definition) is 5. The third kappa shape index (κ3) is 4.31. The second-order valence-corrected chi connectivity index (χ2v) is 7.52. The van der Waals surface area contributed by atoms with E-state index in [1.165, 1.54) is 4.90 Å². The van der Waals surface area contributed by atoms with Gasteiger partial charge in [-0.2, -0.15) is 0 Å². The molecule has 0 aliphatic carbocycles.